The molecule has 2 aromatic carbocycles. The number of halogens is 1. The van der Waals surface area contributed by atoms with Crippen molar-refractivity contribution in [2.75, 3.05) is 25.0 Å². The largest absolute Gasteiger partial charge is 0.335 e. The molecule has 1 aliphatic rings. The molecule has 0 bridgehead atoms. The van der Waals surface area contributed by atoms with E-state index in [1.807, 2.05) is 41.4 Å². The highest BCUT2D eigenvalue weighted by Gasteiger charge is 2.33. The number of hydrogen-bond acceptors (Lipinski definition) is 4. The van der Waals surface area contributed by atoms with E-state index in [9.17, 15) is 14.4 Å². The predicted octanol–water partition coefficient (Wildman–Crippen LogP) is 4.94. The van der Waals surface area contributed by atoms with Gasteiger partial charge in [-0.15, -0.1) is 0 Å². The van der Waals surface area contributed by atoms with Crippen molar-refractivity contribution in [2.45, 2.75) is 27.3 Å². The maximum Gasteiger partial charge on any atom is 0.321 e. The minimum Gasteiger partial charge on any atom is -0.335 e. The Morgan fingerprint density at radius 3 is 2.74 bits per heavy atom. The Labute approximate surface area is 205 Å². The van der Waals surface area contributed by atoms with Crippen LogP contribution in [0.3, 0.4) is 0 Å². The van der Waals surface area contributed by atoms with Crippen LogP contribution in [0.25, 0.3) is 10.9 Å². The van der Waals surface area contributed by atoms with Crippen molar-refractivity contribution in [3.8, 4) is 6.19 Å². The topological polar surface area (TPSA) is 96.7 Å². The van der Waals surface area contributed by atoms with Gasteiger partial charge in [-0.2, -0.15) is 5.26 Å². The average Bonchev–Trinajstić information content (AvgIpc) is 2.83. The molecule has 2 heterocycles. The molecule has 8 nitrogen and oxygen atoms in total. The number of anilines is 1. The third-order valence-corrected chi connectivity index (χ3v) is 5.84. The lowest BCUT2D eigenvalue weighted by molar-refractivity contribution is 0.118. The minimum atomic E-state index is -0.408. The number of nitriles is 1. The Bertz CT molecular complexity index is 1250. The molecule has 0 radical (unpaired) electrons. The number of benzene rings is 2. The van der Waals surface area contributed by atoms with Gasteiger partial charge in [0.1, 0.15) is 5.82 Å². The molecular weight excluding hydrogens is 445 g/mol. The van der Waals surface area contributed by atoms with Gasteiger partial charge in [0.15, 0.2) is 6.19 Å². The smallest absolute Gasteiger partial charge is 0.321 e. The SMILES string of the molecule is C.CC(C)[C@H]1CN(C(=O)Nc2cccc(F)c2)CCN1C(=Nc1cccc2ncccc12)NC#N. The lowest BCUT2D eigenvalue weighted by Gasteiger charge is -2.44. The maximum atomic E-state index is 13.5. The van der Waals surface area contributed by atoms with Gasteiger partial charge in [0.05, 0.1) is 17.2 Å². The number of piperazine rings is 1. The van der Waals surface area contributed by atoms with Gasteiger partial charge in [-0.3, -0.25) is 10.3 Å². The van der Waals surface area contributed by atoms with E-state index in [2.05, 4.69) is 29.5 Å². The molecular formula is C26H30FN7O. The third kappa shape index (κ3) is 5.84. The van der Waals surface area contributed by atoms with Crippen molar-refractivity contribution < 1.29 is 9.18 Å². The zero-order chi connectivity index (χ0) is 24.1. The molecule has 1 aliphatic heterocycles. The molecule has 2 amide bonds. The normalized spacial score (nSPS) is 16.0. The number of carbonyl (C=O) groups excluding carboxylic acids is 1. The van der Waals surface area contributed by atoms with E-state index in [1.54, 1.807) is 23.2 Å². The van der Waals surface area contributed by atoms with Gasteiger partial charge < -0.3 is 15.1 Å². The van der Waals surface area contributed by atoms with Gasteiger partial charge in [0.2, 0.25) is 5.96 Å². The highest BCUT2D eigenvalue weighted by molar-refractivity contribution is 5.94. The number of nitrogens with zero attached hydrogens (tertiary/aromatic N) is 5. The van der Waals surface area contributed by atoms with Crippen molar-refractivity contribution in [1.29, 1.82) is 5.26 Å². The first-order valence-electron chi connectivity index (χ1n) is 11.1. The van der Waals surface area contributed by atoms with E-state index in [0.29, 0.717) is 37.0 Å². The number of carbonyl (C=O) groups is 1. The van der Waals surface area contributed by atoms with Crippen molar-refractivity contribution in [1.82, 2.24) is 20.1 Å². The fraction of sp³-hybridized carbons (Fsp3) is 0.308. The van der Waals surface area contributed by atoms with E-state index in [0.717, 1.165) is 10.9 Å². The van der Waals surface area contributed by atoms with Crippen LogP contribution in [0.4, 0.5) is 20.6 Å². The summed E-state index contributed by atoms with van der Waals surface area (Å²) < 4.78 is 13.5. The monoisotopic (exact) mass is 475 g/mol. The fourth-order valence-corrected chi connectivity index (χ4v) is 4.11. The molecule has 2 N–H and O–H groups in total. The molecule has 1 saturated heterocycles. The maximum absolute atomic E-state index is 13.5. The van der Waals surface area contributed by atoms with E-state index in [-0.39, 0.29) is 25.4 Å². The second-order valence-electron chi connectivity index (χ2n) is 8.41. The second kappa shape index (κ2) is 11.3. The highest BCUT2D eigenvalue weighted by Crippen LogP contribution is 2.26. The van der Waals surface area contributed by atoms with E-state index >= 15 is 0 Å². The van der Waals surface area contributed by atoms with E-state index in [4.69, 9.17) is 4.99 Å². The summed E-state index contributed by atoms with van der Waals surface area (Å²) >= 11 is 0. The number of amides is 2. The number of nitrogens with one attached hydrogen (secondary N) is 2. The zero-order valence-electron chi connectivity index (χ0n) is 19.1. The van der Waals surface area contributed by atoms with Crippen LogP contribution in [-0.2, 0) is 0 Å². The van der Waals surface area contributed by atoms with Gasteiger partial charge >= 0.3 is 6.03 Å². The molecule has 35 heavy (non-hydrogen) atoms. The van der Waals surface area contributed by atoms with Crippen LogP contribution in [0.1, 0.15) is 21.3 Å². The number of urea groups is 1. The standard InChI is InChI=1S/C25H26FN7O.CH4/c1-17(2)23-15-32(25(34)30-19-7-3-6-18(26)14-19)12-13-33(23)24(29-16-27)31-22-10-4-9-21-20(22)8-5-11-28-21;/h3-11,14,17,23H,12-13,15H2,1-2H3,(H,29,31)(H,30,34);1H4/t23-;/m1./s1. The first-order valence-corrected chi connectivity index (χ1v) is 11.1. The Morgan fingerprint density at radius 2 is 2.00 bits per heavy atom. The average molecular weight is 476 g/mol. The lowest BCUT2D eigenvalue weighted by Crippen LogP contribution is -2.60. The second-order valence-corrected chi connectivity index (χ2v) is 8.41. The van der Waals surface area contributed by atoms with Crippen molar-refractivity contribution in [2.24, 2.45) is 10.9 Å². The number of aromatic nitrogens is 1. The van der Waals surface area contributed by atoms with Gasteiger partial charge in [0.25, 0.3) is 0 Å². The minimum absolute atomic E-state index is 0. The Hall–Kier alpha value is -4.19. The predicted molar refractivity (Wildman–Crippen MR) is 137 cm³/mol. The number of rotatable bonds is 3. The first kappa shape index (κ1) is 25.4. The fourth-order valence-electron chi connectivity index (χ4n) is 4.11. The zero-order valence-corrected chi connectivity index (χ0v) is 19.1. The van der Waals surface area contributed by atoms with Gasteiger partial charge in [-0.1, -0.05) is 33.4 Å². The van der Waals surface area contributed by atoms with Crippen LogP contribution < -0.4 is 10.6 Å². The van der Waals surface area contributed by atoms with Gasteiger partial charge in [0, 0.05) is 36.9 Å². The van der Waals surface area contributed by atoms with Crippen LogP contribution in [0.15, 0.2) is 65.8 Å². The first-order chi connectivity index (χ1) is 16.5. The summed E-state index contributed by atoms with van der Waals surface area (Å²) in [7, 11) is 0. The Kier molecular flexibility index (Phi) is 8.21. The highest BCUT2D eigenvalue weighted by atomic mass is 19.1. The summed E-state index contributed by atoms with van der Waals surface area (Å²) in [5.41, 5.74) is 1.93. The van der Waals surface area contributed by atoms with Crippen LogP contribution in [0.5, 0.6) is 0 Å². The molecule has 0 saturated carbocycles. The van der Waals surface area contributed by atoms with Crippen LogP contribution in [0, 0.1) is 23.2 Å². The summed E-state index contributed by atoms with van der Waals surface area (Å²) in [6.07, 6.45) is 3.73. The van der Waals surface area contributed by atoms with Gasteiger partial charge in [-0.25, -0.2) is 14.2 Å². The summed E-state index contributed by atoms with van der Waals surface area (Å²) in [5, 5.41) is 15.8. The van der Waals surface area contributed by atoms with Crippen LogP contribution >= 0.6 is 0 Å². The molecule has 4 rings (SSSR count). The van der Waals surface area contributed by atoms with Crippen molar-refractivity contribution in [3.63, 3.8) is 0 Å². The molecule has 182 valence electrons. The quantitative estimate of drug-likeness (QED) is 0.242. The van der Waals surface area contributed by atoms with Crippen molar-refractivity contribution in [3.05, 3.63) is 66.6 Å². The molecule has 3 aromatic rings. The molecule has 1 aromatic heterocycles. The summed E-state index contributed by atoms with van der Waals surface area (Å²) in [5.74, 6) is 0.196. The van der Waals surface area contributed by atoms with E-state index < -0.39 is 5.82 Å². The number of hydrogen-bond donors (Lipinski definition) is 2. The van der Waals surface area contributed by atoms with Crippen molar-refractivity contribution >= 4 is 34.3 Å². The molecule has 1 atom stereocenters. The Morgan fingerprint density at radius 1 is 1.20 bits per heavy atom. The summed E-state index contributed by atoms with van der Waals surface area (Å²) in [6, 6.07) is 14.9. The van der Waals surface area contributed by atoms with E-state index in [1.165, 1.54) is 12.1 Å². The Balaban J connectivity index is 0.00000342. The van der Waals surface area contributed by atoms with Crippen LogP contribution in [-0.4, -0.2) is 52.5 Å². The molecule has 0 aliphatic carbocycles. The molecule has 9 heteroatoms. The molecule has 1 fully saturated rings. The number of fused-ring (bicyclic) bond motifs is 1. The summed E-state index contributed by atoms with van der Waals surface area (Å²) in [4.78, 5) is 25.8. The summed E-state index contributed by atoms with van der Waals surface area (Å²) in [6.45, 7) is 5.47. The third-order valence-electron chi connectivity index (χ3n) is 5.84. The van der Waals surface area contributed by atoms with Crippen LogP contribution in [0.2, 0.25) is 0 Å². The number of guanidine groups is 1. The van der Waals surface area contributed by atoms with Gasteiger partial charge in [-0.05, 0) is 48.4 Å². The molecule has 0 spiro atoms. The molecule has 0 unspecified atom stereocenters. The lowest BCUT2D eigenvalue weighted by atomic mass is 10.00. The number of pyridine rings is 1. The number of aliphatic imine (C=N–C) groups is 1.